The molecular weight excluding hydrogens is 764 g/mol. The van der Waals surface area contributed by atoms with Gasteiger partial charge in [-0.3, -0.25) is 34.4 Å². The molecule has 2 unspecified atom stereocenters. The van der Waals surface area contributed by atoms with Crippen molar-refractivity contribution < 1.29 is 27.9 Å². The average Bonchev–Trinajstić information content (AvgIpc) is 3.79. The van der Waals surface area contributed by atoms with E-state index in [0.29, 0.717) is 48.2 Å². The van der Waals surface area contributed by atoms with Gasteiger partial charge in [0, 0.05) is 81.3 Å². The molecule has 0 aliphatic carbocycles. The molecule has 0 radical (unpaired) electrons. The standard InChI is InChI=1S/C39H42ClF2N9O4S/c40-39(41,42)55-29-4-2-28(3-5-29)51-14-11-32(46-51)31-20-25(35(43)53)21-44-36(31)49-17-15-48(16-18-49)27-9-12-47(13-10-27)22-24-1-6-30-26(19-24)23-50(38(30)56)33-7-8-34(52)45-37(33)54/h1-6,11,14,19-21,27,33,38,56H,7-10,12-13,15-18,22-23H2,(H2,43,53)(H,45,52,54). The Bertz CT molecular complexity index is 2120. The molecule has 17 heteroatoms. The smallest absolute Gasteiger partial charge is 0.420 e. The molecule has 3 N–H and O–H groups in total. The summed E-state index contributed by atoms with van der Waals surface area (Å²) in [6.45, 7) is 6.73. The Balaban J connectivity index is 0.866. The lowest BCUT2D eigenvalue weighted by molar-refractivity contribution is -0.137. The van der Waals surface area contributed by atoms with Crippen LogP contribution < -0.4 is 20.7 Å². The van der Waals surface area contributed by atoms with Gasteiger partial charge in [-0.2, -0.15) is 17.7 Å². The summed E-state index contributed by atoms with van der Waals surface area (Å²) in [5.41, 5.74) is 7.52. The number of pyridine rings is 1. The first-order valence-electron chi connectivity index (χ1n) is 18.7. The van der Waals surface area contributed by atoms with Crippen molar-refractivity contribution in [2.75, 3.05) is 44.2 Å². The van der Waals surface area contributed by atoms with Crippen LogP contribution in [0.3, 0.4) is 0 Å². The molecule has 13 nitrogen and oxygen atoms in total. The summed E-state index contributed by atoms with van der Waals surface area (Å²) in [5, 5.41) is 7.02. The van der Waals surface area contributed by atoms with Crippen molar-refractivity contribution in [1.29, 1.82) is 0 Å². The van der Waals surface area contributed by atoms with Gasteiger partial charge in [-0.25, -0.2) is 9.67 Å². The number of nitrogens with two attached hydrogens (primary N) is 1. The van der Waals surface area contributed by atoms with E-state index in [1.165, 1.54) is 29.5 Å². The number of amides is 3. The molecule has 6 heterocycles. The molecule has 0 bridgehead atoms. The maximum atomic E-state index is 13.1. The highest BCUT2D eigenvalue weighted by Gasteiger charge is 2.39. The second-order valence-corrected chi connectivity index (χ2v) is 15.7. The van der Waals surface area contributed by atoms with Crippen LogP contribution in [0.5, 0.6) is 5.75 Å². The third-order valence-corrected chi connectivity index (χ3v) is 11.9. The lowest BCUT2D eigenvalue weighted by Crippen LogP contribution is -2.53. The molecule has 4 aliphatic rings. The number of ether oxygens (including phenoxy) is 1. The summed E-state index contributed by atoms with van der Waals surface area (Å²) in [5.74, 6) is -0.413. The predicted molar refractivity (Wildman–Crippen MR) is 209 cm³/mol. The molecule has 2 aromatic carbocycles. The molecule has 3 fully saturated rings. The first kappa shape index (κ1) is 38.3. The zero-order valence-electron chi connectivity index (χ0n) is 30.5. The highest BCUT2D eigenvalue weighted by molar-refractivity contribution is 7.80. The van der Waals surface area contributed by atoms with Crippen LogP contribution in [-0.4, -0.2) is 104 Å². The van der Waals surface area contributed by atoms with Gasteiger partial charge in [0.2, 0.25) is 17.7 Å². The van der Waals surface area contributed by atoms with Gasteiger partial charge < -0.3 is 15.4 Å². The molecule has 8 rings (SSSR count). The van der Waals surface area contributed by atoms with Crippen molar-refractivity contribution in [3.8, 4) is 22.7 Å². The largest absolute Gasteiger partial charge is 0.487 e. The Morgan fingerprint density at radius 2 is 1.75 bits per heavy atom. The molecule has 0 saturated carbocycles. The number of likely N-dealkylation sites (tertiary alicyclic amines) is 1. The first-order valence-corrected chi connectivity index (χ1v) is 19.6. The molecular formula is C39H42ClF2N9O4S. The Morgan fingerprint density at radius 3 is 2.45 bits per heavy atom. The fourth-order valence-electron chi connectivity index (χ4n) is 8.33. The Morgan fingerprint density at radius 1 is 1.00 bits per heavy atom. The number of benzene rings is 2. The van der Waals surface area contributed by atoms with Gasteiger partial charge >= 0.3 is 5.57 Å². The van der Waals surface area contributed by atoms with Crippen molar-refractivity contribution >= 4 is 47.8 Å². The summed E-state index contributed by atoms with van der Waals surface area (Å²) in [4.78, 5) is 50.5. The minimum atomic E-state index is -3.81. The zero-order chi connectivity index (χ0) is 39.1. The summed E-state index contributed by atoms with van der Waals surface area (Å²) >= 11 is 9.74. The third kappa shape index (κ3) is 8.25. The maximum absolute atomic E-state index is 13.1. The van der Waals surface area contributed by atoms with Crippen molar-refractivity contribution in [3.63, 3.8) is 0 Å². The number of thiol groups is 1. The van der Waals surface area contributed by atoms with Crippen LogP contribution in [0, 0.1) is 0 Å². The SMILES string of the molecule is NC(=O)c1cnc(N2CCN(C3CCN(Cc4ccc5c(c4)CN(C4CCC(=O)NC4=O)C5S)CC3)CC2)c(-c2ccn(-c3ccc(OC(F)(F)Cl)cc3)n2)c1. The van der Waals surface area contributed by atoms with Gasteiger partial charge in [-0.1, -0.05) is 18.2 Å². The highest BCUT2D eigenvalue weighted by Crippen LogP contribution is 2.40. The van der Waals surface area contributed by atoms with Gasteiger partial charge in [0.1, 0.15) is 11.6 Å². The number of carbonyl (C=O) groups is 3. The van der Waals surface area contributed by atoms with Crippen molar-refractivity contribution in [3.05, 3.63) is 89.2 Å². The number of piperidine rings is 2. The second kappa shape index (κ2) is 15.7. The molecule has 3 amide bonds. The van der Waals surface area contributed by atoms with Crippen LogP contribution >= 0.6 is 24.2 Å². The molecule has 2 atom stereocenters. The van der Waals surface area contributed by atoms with Crippen LogP contribution in [-0.2, 0) is 22.7 Å². The molecule has 4 aromatic rings. The molecule has 4 aliphatic heterocycles. The van der Waals surface area contributed by atoms with Gasteiger partial charge in [0.25, 0.3) is 0 Å². The van der Waals surface area contributed by atoms with Gasteiger partial charge in [-0.05, 0) is 85.4 Å². The fourth-order valence-corrected chi connectivity index (χ4v) is 8.92. The maximum Gasteiger partial charge on any atom is 0.487 e. The minimum absolute atomic E-state index is 0.0864. The van der Waals surface area contributed by atoms with E-state index in [1.807, 2.05) is 6.07 Å². The number of alkyl halides is 3. The van der Waals surface area contributed by atoms with Crippen LogP contribution in [0.1, 0.15) is 58.1 Å². The lowest BCUT2D eigenvalue weighted by atomic mass is 10.0. The summed E-state index contributed by atoms with van der Waals surface area (Å²) in [7, 11) is 0. The Labute approximate surface area is 333 Å². The average molecular weight is 806 g/mol. The summed E-state index contributed by atoms with van der Waals surface area (Å²) in [6.07, 6.45) is 6.25. The van der Waals surface area contributed by atoms with Crippen LogP contribution in [0.2, 0.25) is 0 Å². The van der Waals surface area contributed by atoms with Crippen molar-refractivity contribution in [2.24, 2.45) is 5.73 Å². The van der Waals surface area contributed by atoms with Gasteiger partial charge in [-0.15, -0.1) is 8.78 Å². The number of fused-ring (bicyclic) bond motifs is 1. The van der Waals surface area contributed by atoms with Crippen LogP contribution in [0.25, 0.3) is 16.9 Å². The number of halogens is 3. The number of anilines is 1. The Kier molecular flexibility index (Phi) is 10.8. The number of hydrogen-bond acceptors (Lipinski definition) is 11. The fraction of sp³-hybridized carbons (Fsp3) is 0.410. The van der Waals surface area contributed by atoms with E-state index in [0.717, 1.165) is 64.2 Å². The van der Waals surface area contributed by atoms with Crippen LogP contribution in [0.15, 0.2) is 67.0 Å². The lowest BCUT2D eigenvalue weighted by Gasteiger charge is -2.43. The number of rotatable bonds is 10. The monoisotopic (exact) mass is 805 g/mol. The quantitative estimate of drug-likeness (QED) is 0.119. The molecule has 56 heavy (non-hydrogen) atoms. The topological polar surface area (TPSA) is 142 Å². The first-order chi connectivity index (χ1) is 26.9. The number of piperazine rings is 1. The van der Waals surface area contributed by atoms with E-state index < -0.39 is 11.5 Å². The second-order valence-electron chi connectivity index (χ2n) is 14.7. The Hall–Kier alpha value is -4.61. The number of aromatic nitrogens is 3. The number of imide groups is 1. The molecule has 2 aromatic heterocycles. The van der Waals surface area contributed by atoms with E-state index in [-0.39, 0.29) is 34.5 Å². The minimum Gasteiger partial charge on any atom is -0.420 e. The van der Waals surface area contributed by atoms with E-state index in [1.54, 1.807) is 29.1 Å². The highest BCUT2D eigenvalue weighted by atomic mass is 35.5. The van der Waals surface area contributed by atoms with E-state index in [4.69, 9.17) is 35.1 Å². The van der Waals surface area contributed by atoms with E-state index in [9.17, 15) is 23.2 Å². The van der Waals surface area contributed by atoms with E-state index in [2.05, 4.69) is 52.8 Å². The summed E-state index contributed by atoms with van der Waals surface area (Å²) in [6, 6.07) is 16.1. The normalized spacial score (nSPS) is 21.6. The number of hydrogen-bond donors (Lipinski definition) is 3. The number of nitrogens with one attached hydrogen (secondary N) is 1. The van der Waals surface area contributed by atoms with Crippen LogP contribution in [0.4, 0.5) is 14.6 Å². The summed E-state index contributed by atoms with van der Waals surface area (Å²) < 4.78 is 32.1. The predicted octanol–water partition coefficient (Wildman–Crippen LogP) is 4.54. The molecule has 0 spiro atoms. The van der Waals surface area contributed by atoms with Crippen molar-refractivity contribution in [2.45, 2.75) is 61.8 Å². The van der Waals surface area contributed by atoms with Crippen molar-refractivity contribution in [1.82, 2.24) is 34.8 Å². The number of carbonyl (C=O) groups excluding carboxylic acids is 3. The van der Waals surface area contributed by atoms with Gasteiger partial charge in [0.15, 0.2) is 0 Å². The third-order valence-electron chi connectivity index (χ3n) is 11.2. The molecule has 294 valence electrons. The number of primary amides is 1. The van der Waals surface area contributed by atoms with E-state index >= 15 is 0 Å². The zero-order valence-corrected chi connectivity index (χ0v) is 32.1. The number of nitrogens with zero attached hydrogens (tertiary/aromatic N) is 7. The van der Waals surface area contributed by atoms with Gasteiger partial charge in [0.05, 0.1) is 28.4 Å². The molecule has 3 saturated heterocycles.